The fraction of sp³-hybridized carbons (Fsp3) is 0.167. The Bertz CT molecular complexity index is 1180. The Labute approximate surface area is 180 Å². The van der Waals surface area contributed by atoms with Crippen molar-refractivity contribution in [3.05, 3.63) is 106 Å². The summed E-state index contributed by atoms with van der Waals surface area (Å²) < 4.78 is 13.3. The Morgan fingerprint density at radius 3 is 2.45 bits per heavy atom. The van der Waals surface area contributed by atoms with Crippen LogP contribution in [-0.2, 0) is 13.2 Å². The van der Waals surface area contributed by atoms with Gasteiger partial charge in [-0.3, -0.25) is 0 Å². The van der Waals surface area contributed by atoms with E-state index in [-0.39, 0.29) is 22.6 Å². The van der Waals surface area contributed by atoms with Gasteiger partial charge in [0, 0.05) is 40.8 Å². The number of aromatic nitrogens is 1. The molecule has 148 valence electrons. The normalized spacial score (nSPS) is 10.6. The summed E-state index contributed by atoms with van der Waals surface area (Å²) in [4.78, 5) is 11.6. The number of pyridine rings is 1. The molecule has 5 heteroatoms. The molecule has 0 aliphatic rings. The first kappa shape index (κ1) is 20.8. The molecule has 4 aromatic rings. The molecule has 0 aliphatic carbocycles. The van der Waals surface area contributed by atoms with E-state index in [1.807, 2.05) is 19.1 Å². The van der Waals surface area contributed by atoms with Crippen molar-refractivity contribution in [2.24, 2.45) is 0 Å². The summed E-state index contributed by atoms with van der Waals surface area (Å²) in [6, 6.07) is 19.6. The highest BCUT2D eigenvalue weighted by atomic mass is 79.9. The molecule has 2 aromatic heterocycles. The summed E-state index contributed by atoms with van der Waals surface area (Å²) in [5.74, 6) is 0.679. The van der Waals surface area contributed by atoms with Crippen molar-refractivity contribution in [1.82, 2.24) is 0 Å². The van der Waals surface area contributed by atoms with Crippen LogP contribution in [0.1, 0.15) is 22.3 Å². The van der Waals surface area contributed by atoms with E-state index in [0.29, 0.717) is 17.9 Å². The zero-order valence-corrected chi connectivity index (χ0v) is 18.0. The van der Waals surface area contributed by atoms with Gasteiger partial charge < -0.3 is 26.1 Å². The van der Waals surface area contributed by atoms with Gasteiger partial charge in [0.05, 0.1) is 0 Å². The number of aryl methyl sites for hydroxylation is 2. The average Bonchev–Trinajstić information content (AvgIpc) is 2.69. The van der Waals surface area contributed by atoms with Crippen LogP contribution in [0.15, 0.2) is 82.3 Å². The summed E-state index contributed by atoms with van der Waals surface area (Å²) in [5, 5.41) is 0.920. The second kappa shape index (κ2) is 9.05. The van der Waals surface area contributed by atoms with Crippen LogP contribution in [0.3, 0.4) is 0 Å². The molecule has 29 heavy (non-hydrogen) atoms. The van der Waals surface area contributed by atoms with Crippen molar-refractivity contribution in [2.45, 2.75) is 27.0 Å². The molecule has 0 N–H and O–H groups in total. The molecule has 4 nitrogen and oxygen atoms in total. The van der Waals surface area contributed by atoms with Crippen LogP contribution in [0.2, 0.25) is 0 Å². The fourth-order valence-corrected chi connectivity index (χ4v) is 3.24. The number of rotatable bonds is 5. The molecule has 0 aliphatic heterocycles. The van der Waals surface area contributed by atoms with Crippen molar-refractivity contribution in [1.29, 1.82) is 0 Å². The smallest absolute Gasteiger partial charge is 0.336 e. The lowest BCUT2D eigenvalue weighted by atomic mass is 10.1. The van der Waals surface area contributed by atoms with E-state index in [2.05, 4.69) is 60.3 Å². The molecule has 0 spiro atoms. The van der Waals surface area contributed by atoms with Gasteiger partial charge in [-0.05, 0) is 37.1 Å². The number of nitrogens with zero attached hydrogens (tertiary/aromatic N) is 1. The second-order valence-corrected chi connectivity index (χ2v) is 7.00. The van der Waals surface area contributed by atoms with Gasteiger partial charge in [0.25, 0.3) is 0 Å². The van der Waals surface area contributed by atoms with Gasteiger partial charge in [-0.15, -0.1) is 0 Å². The van der Waals surface area contributed by atoms with Crippen molar-refractivity contribution in [2.75, 3.05) is 0 Å². The maximum absolute atomic E-state index is 11.6. The number of fused-ring (bicyclic) bond motifs is 1. The summed E-state index contributed by atoms with van der Waals surface area (Å²) in [5.41, 5.74) is 4.78. The summed E-state index contributed by atoms with van der Waals surface area (Å²) >= 11 is 0. The van der Waals surface area contributed by atoms with Crippen molar-refractivity contribution >= 4 is 11.0 Å². The van der Waals surface area contributed by atoms with Crippen LogP contribution in [-0.4, -0.2) is 0 Å². The molecule has 2 heterocycles. The van der Waals surface area contributed by atoms with Gasteiger partial charge in [-0.1, -0.05) is 24.3 Å². The number of hydrogen-bond donors (Lipinski definition) is 0. The van der Waals surface area contributed by atoms with Gasteiger partial charge in [-0.2, -0.15) is 0 Å². The van der Waals surface area contributed by atoms with Gasteiger partial charge >= 0.3 is 5.63 Å². The van der Waals surface area contributed by atoms with E-state index >= 15 is 0 Å². The maximum Gasteiger partial charge on any atom is 0.336 e. The van der Waals surface area contributed by atoms with Gasteiger partial charge in [0.2, 0.25) is 0 Å². The first-order valence-corrected chi connectivity index (χ1v) is 9.28. The Hall–Kier alpha value is -2.92. The number of benzene rings is 2. The van der Waals surface area contributed by atoms with Gasteiger partial charge in [-0.25, -0.2) is 9.36 Å². The van der Waals surface area contributed by atoms with E-state index in [0.717, 1.165) is 23.1 Å². The van der Waals surface area contributed by atoms with Crippen molar-refractivity contribution < 1.29 is 30.7 Å². The predicted molar refractivity (Wildman–Crippen MR) is 108 cm³/mol. The Kier molecular flexibility index (Phi) is 6.49. The lowest BCUT2D eigenvalue weighted by molar-refractivity contribution is -0.688. The van der Waals surface area contributed by atoms with Crippen molar-refractivity contribution in [3.8, 4) is 5.75 Å². The van der Waals surface area contributed by atoms with E-state index in [1.165, 1.54) is 17.2 Å². The maximum atomic E-state index is 11.6. The van der Waals surface area contributed by atoms with E-state index < -0.39 is 0 Å². The van der Waals surface area contributed by atoms with Crippen LogP contribution < -0.4 is 31.9 Å². The first-order valence-electron chi connectivity index (χ1n) is 9.28. The lowest BCUT2D eigenvalue weighted by Gasteiger charge is -2.08. The number of ether oxygens (including phenoxy) is 1. The number of halogens is 1. The van der Waals surface area contributed by atoms with Crippen LogP contribution in [0, 0.1) is 13.8 Å². The monoisotopic (exact) mass is 451 g/mol. The predicted octanol–water partition coefficient (Wildman–Crippen LogP) is 1.33. The molecule has 2 aromatic carbocycles. The molecule has 4 rings (SSSR count). The minimum atomic E-state index is -0.344. The molecule has 0 saturated carbocycles. The Balaban J connectivity index is 0.00000240. The molecule has 0 unspecified atom stereocenters. The molecule has 0 saturated heterocycles. The molecule has 0 radical (unpaired) electrons. The average molecular weight is 452 g/mol. The summed E-state index contributed by atoms with van der Waals surface area (Å²) in [6.45, 7) is 5.32. The van der Waals surface area contributed by atoms with Crippen LogP contribution in [0.4, 0.5) is 0 Å². The van der Waals surface area contributed by atoms with E-state index in [1.54, 1.807) is 6.07 Å². The quantitative estimate of drug-likeness (QED) is 0.339. The van der Waals surface area contributed by atoms with E-state index in [4.69, 9.17) is 9.15 Å². The molecule has 0 atom stereocenters. The Morgan fingerprint density at radius 2 is 1.69 bits per heavy atom. The SMILES string of the molecule is Cc1ccccc1C[n+]1ccc(COc2ccc3c(C)cc(=O)oc3c2)cc1.[Br-]. The highest BCUT2D eigenvalue weighted by molar-refractivity contribution is 5.81. The zero-order chi connectivity index (χ0) is 19.5. The zero-order valence-electron chi connectivity index (χ0n) is 16.4. The van der Waals surface area contributed by atoms with Crippen LogP contribution in [0.5, 0.6) is 5.75 Å². The van der Waals surface area contributed by atoms with Crippen LogP contribution >= 0.6 is 0 Å². The lowest BCUT2D eigenvalue weighted by Crippen LogP contribution is -3.00. The molecule has 0 fully saturated rings. The van der Waals surface area contributed by atoms with Gasteiger partial charge in [0.15, 0.2) is 18.9 Å². The molecule has 0 amide bonds. The third-order valence-electron chi connectivity index (χ3n) is 4.90. The fourth-order valence-electron chi connectivity index (χ4n) is 3.24. The summed E-state index contributed by atoms with van der Waals surface area (Å²) in [7, 11) is 0. The third kappa shape index (κ3) is 4.93. The topological polar surface area (TPSA) is 43.3 Å². The largest absolute Gasteiger partial charge is 1.00 e. The van der Waals surface area contributed by atoms with Gasteiger partial charge in [0.1, 0.15) is 17.9 Å². The molecule has 0 bridgehead atoms. The first-order chi connectivity index (χ1) is 13.6. The summed E-state index contributed by atoms with van der Waals surface area (Å²) in [6.07, 6.45) is 4.13. The molecular weight excluding hydrogens is 430 g/mol. The third-order valence-corrected chi connectivity index (χ3v) is 4.90. The number of hydrogen-bond acceptors (Lipinski definition) is 3. The van der Waals surface area contributed by atoms with Crippen molar-refractivity contribution in [3.63, 3.8) is 0 Å². The minimum absolute atomic E-state index is 0. The Morgan fingerprint density at radius 1 is 0.931 bits per heavy atom. The highest BCUT2D eigenvalue weighted by Crippen LogP contribution is 2.22. The second-order valence-electron chi connectivity index (χ2n) is 7.00. The van der Waals surface area contributed by atoms with Crippen LogP contribution in [0.25, 0.3) is 11.0 Å². The standard InChI is InChI=1S/C24H22NO3.BrH/c1-17-5-3-4-6-20(17)15-25-11-9-19(10-12-25)16-27-21-7-8-22-18(2)13-24(26)28-23(22)14-21;/h3-14H,15-16H2,1-2H3;1H/q+1;/p-1. The van der Waals surface area contributed by atoms with E-state index in [9.17, 15) is 4.79 Å². The molecular formula is C24H22BrNO3. The highest BCUT2D eigenvalue weighted by Gasteiger charge is 2.07. The minimum Gasteiger partial charge on any atom is -1.00 e.